The molecule has 0 aliphatic carbocycles. The Balaban J connectivity index is 3.18. The molecule has 0 spiro atoms. The highest BCUT2D eigenvalue weighted by Crippen LogP contribution is 2.29. The van der Waals surface area contributed by atoms with E-state index in [1.165, 1.54) is 17.2 Å². The number of aromatic nitrogens is 1. The van der Waals surface area contributed by atoms with Gasteiger partial charge in [0.05, 0.1) is 11.7 Å². The Kier molecular flexibility index (Phi) is 4.32. The van der Waals surface area contributed by atoms with Crippen LogP contribution >= 0.6 is 15.9 Å². The van der Waals surface area contributed by atoms with Crippen LogP contribution < -0.4 is 0 Å². The van der Waals surface area contributed by atoms with Crippen LogP contribution in [0.15, 0.2) is 16.7 Å². The standard InChI is InChI=1S/C12H16BrFN2O2/c1-7(16(11(17)18)12(2,3)4)10-9(14)5-8(13)6-15-10/h5-7H,1-4H3,(H,17,18)/t7-/m1/s1. The van der Waals surface area contributed by atoms with Crippen molar-refractivity contribution < 1.29 is 14.3 Å². The zero-order chi connectivity index (χ0) is 14.1. The van der Waals surface area contributed by atoms with E-state index in [4.69, 9.17) is 0 Å². The molecule has 1 atom stereocenters. The molecule has 0 saturated carbocycles. The van der Waals surface area contributed by atoms with Crippen LogP contribution in [0.4, 0.5) is 9.18 Å². The van der Waals surface area contributed by atoms with Gasteiger partial charge in [-0.15, -0.1) is 0 Å². The summed E-state index contributed by atoms with van der Waals surface area (Å²) in [5.41, 5.74) is -0.512. The fourth-order valence-corrected chi connectivity index (χ4v) is 2.19. The summed E-state index contributed by atoms with van der Waals surface area (Å²) in [6, 6.07) is 0.622. The number of pyridine rings is 1. The molecule has 0 bridgehead atoms. The monoisotopic (exact) mass is 318 g/mol. The van der Waals surface area contributed by atoms with Gasteiger partial charge in [-0.3, -0.25) is 9.88 Å². The third-order valence-electron chi connectivity index (χ3n) is 2.55. The molecule has 0 fully saturated rings. The molecule has 1 N–H and O–H groups in total. The molecule has 0 radical (unpaired) electrons. The van der Waals surface area contributed by atoms with Crippen molar-refractivity contribution in [1.82, 2.24) is 9.88 Å². The molecule has 1 amide bonds. The summed E-state index contributed by atoms with van der Waals surface area (Å²) in [5.74, 6) is -0.521. The van der Waals surface area contributed by atoms with E-state index in [2.05, 4.69) is 20.9 Å². The maximum atomic E-state index is 13.8. The first-order valence-electron chi connectivity index (χ1n) is 5.47. The van der Waals surface area contributed by atoms with Crippen molar-refractivity contribution in [2.75, 3.05) is 0 Å². The largest absolute Gasteiger partial charge is 0.465 e. The smallest absolute Gasteiger partial charge is 0.408 e. The number of nitrogens with zero attached hydrogens (tertiary/aromatic N) is 2. The fraction of sp³-hybridized carbons (Fsp3) is 0.500. The van der Waals surface area contributed by atoms with E-state index in [1.54, 1.807) is 27.7 Å². The van der Waals surface area contributed by atoms with E-state index < -0.39 is 23.5 Å². The molecular formula is C12H16BrFN2O2. The van der Waals surface area contributed by atoms with Crippen molar-refractivity contribution in [2.45, 2.75) is 39.3 Å². The lowest BCUT2D eigenvalue weighted by atomic mass is 10.0. The van der Waals surface area contributed by atoms with Gasteiger partial charge in [-0.2, -0.15) is 0 Å². The molecule has 100 valence electrons. The van der Waals surface area contributed by atoms with Crippen LogP contribution in [0, 0.1) is 5.82 Å². The van der Waals surface area contributed by atoms with Gasteiger partial charge in [-0.1, -0.05) is 0 Å². The fourth-order valence-electron chi connectivity index (χ4n) is 1.89. The Labute approximate surface area is 114 Å². The van der Waals surface area contributed by atoms with Crippen molar-refractivity contribution >= 4 is 22.0 Å². The van der Waals surface area contributed by atoms with E-state index in [0.717, 1.165) is 0 Å². The van der Waals surface area contributed by atoms with Crippen molar-refractivity contribution in [3.8, 4) is 0 Å². The summed E-state index contributed by atoms with van der Waals surface area (Å²) >= 11 is 3.12. The van der Waals surface area contributed by atoms with Crippen LogP contribution in [-0.2, 0) is 0 Å². The summed E-state index contributed by atoms with van der Waals surface area (Å²) in [5, 5.41) is 9.25. The molecule has 1 aromatic heterocycles. The number of hydrogen-bond acceptors (Lipinski definition) is 2. The predicted molar refractivity (Wildman–Crippen MR) is 69.9 cm³/mol. The predicted octanol–water partition coefficient (Wildman–Crippen LogP) is 3.82. The molecule has 18 heavy (non-hydrogen) atoms. The number of hydrogen-bond donors (Lipinski definition) is 1. The van der Waals surface area contributed by atoms with E-state index in [9.17, 15) is 14.3 Å². The Hall–Kier alpha value is -1.17. The van der Waals surface area contributed by atoms with Crippen LogP contribution in [0.2, 0.25) is 0 Å². The topological polar surface area (TPSA) is 53.4 Å². The second-order valence-corrected chi connectivity index (χ2v) is 5.94. The van der Waals surface area contributed by atoms with Crippen LogP contribution in [0.1, 0.15) is 39.4 Å². The van der Waals surface area contributed by atoms with Gasteiger partial charge in [-0.25, -0.2) is 9.18 Å². The van der Waals surface area contributed by atoms with E-state index in [0.29, 0.717) is 4.47 Å². The summed E-state index contributed by atoms with van der Waals surface area (Å²) in [6.45, 7) is 6.90. The number of carboxylic acid groups (broad SMARTS) is 1. The maximum absolute atomic E-state index is 13.8. The van der Waals surface area contributed by atoms with Gasteiger partial charge in [0, 0.05) is 16.2 Å². The molecular weight excluding hydrogens is 303 g/mol. The van der Waals surface area contributed by atoms with Gasteiger partial charge in [0.1, 0.15) is 5.82 Å². The van der Waals surface area contributed by atoms with Gasteiger partial charge in [0.25, 0.3) is 0 Å². The molecule has 0 aliphatic rings. The van der Waals surface area contributed by atoms with Gasteiger partial charge < -0.3 is 5.11 Å². The summed E-state index contributed by atoms with van der Waals surface area (Å²) in [7, 11) is 0. The van der Waals surface area contributed by atoms with Gasteiger partial charge in [0.2, 0.25) is 0 Å². The highest BCUT2D eigenvalue weighted by Gasteiger charge is 2.33. The number of amides is 1. The highest BCUT2D eigenvalue weighted by molar-refractivity contribution is 9.10. The average molecular weight is 319 g/mol. The van der Waals surface area contributed by atoms with Crippen LogP contribution in [0.25, 0.3) is 0 Å². The van der Waals surface area contributed by atoms with Crippen molar-refractivity contribution in [2.24, 2.45) is 0 Å². The average Bonchev–Trinajstić information content (AvgIpc) is 2.13. The normalized spacial score (nSPS) is 13.2. The van der Waals surface area contributed by atoms with E-state index >= 15 is 0 Å². The molecule has 1 rings (SSSR count). The second kappa shape index (κ2) is 5.22. The minimum Gasteiger partial charge on any atom is -0.465 e. The summed E-state index contributed by atoms with van der Waals surface area (Å²) in [6.07, 6.45) is 0.358. The first-order chi connectivity index (χ1) is 8.14. The highest BCUT2D eigenvalue weighted by atomic mass is 79.9. The molecule has 1 heterocycles. The molecule has 0 aromatic carbocycles. The number of halogens is 2. The van der Waals surface area contributed by atoms with Gasteiger partial charge in [-0.05, 0) is 49.7 Å². The van der Waals surface area contributed by atoms with E-state index in [1.807, 2.05) is 0 Å². The van der Waals surface area contributed by atoms with Crippen molar-refractivity contribution in [3.05, 3.63) is 28.2 Å². The zero-order valence-corrected chi connectivity index (χ0v) is 12.3. The molecule has 0 saturated heterocycles. The third kappa shape index (κ3) is 3.19. The Morgan fingerprint density at radius 3 is 2.50 bits per heavy atom. The Bertz CT molecular complexity index is 460. The van der Waals surface area contributed by atoms with E-state index in [-0.39, 0.29) is 5.69 Å². The molecule has 0 aliphatic heterocycles. The zero-order valence-electron chi connectivity index (χ0n) is 10.7. The van der Waals surface area contributed by atoms with Crippen LogP contribution in [-0.4, -0.2) is 26.6 Å². The Morgan fingerprint density at radius 2 is 2.11 bits per heavy atom. The second-order valence-electron chi connectivity index (χ2n) is 5.02. The van der Waals surface area contributed by atoms with Crippen LogP contribution in [0.5, 0.6) is 0 Å². The first-order valence-corrected chi connectivity index (χ1v) is 6.27. The van der Waals surface area contributed by atoms with Gasteiger partial charge >= 0.3 is 6.09 Å². The molecule has 1 aromatic rings. The molecule has 0 unspecified atom stereocenters. The molecule has 4 nitrogen and oxygen atoms in total. The summed E-state index contributed by atoms with van der Waals surface area (Å²) in [4.78, 5) is 16.5. The Morgan fingerprint density at radius 1 is 1.56 bits per heavy atom. The SMILES string of the molecule is C[C@H](c1ncc(Br)cc1F)N(C(=O)O)C(C)(C)C. The number of carbonyl (C=O) groups is 1. The number of rotatable bonds is 2. The quantitative estimate of drug-likeness (QED) is 0.901. The lowest BCUT2D eigenvalue weighted by molar-refractivity contribution is 0.0729. The molecule has 6 heteroatoms. The summed E-state index contributed by atoms with van der Waals surface area (Å²) < 4.78 is 14.3. The van der Waals surface area contributed by atoms with Crippen LogP contribution in [0.3, 0.4) is 0 Å². The first kappa shape index (κ1) is 14.9. The van der Waals surface area contributed by atoms with Crippen molar-refractivity contribution in [1.29, 1.82) is 0 Å². The minimum absolute atomic E-state index is 0.121. The maximum Gasteiger partial charge on any atom is 0.408 e. The third-order valence-corrected chi connectivity index (χ3v) is 2.98. The lowest BCUT2D eigenvalue weighted by Gasteiger charge is -2.37. The lowest BCUT2D eigenvalue weighted by Crippen LogP contribution is -2.46. The minimum atomic E-state index is -1.10. The van der Waals surface area contributed by atoms with Gasteiger partial charge in [0.15, 0.2) is 0 Å². The van der Waals surface area contributed by atoms with Crippen molar-refractivity contribution in [3.63, 3.8) is 0 Å².